The molecule has 0 aliphatic carbocycles. The Morgan fingerprint density at radius 1 is 1.50 bits per heavy atom. The molecule has 0 amide bonds. The maximum absolute atomic E-state index is 13.0. The predicted octanol–water partition coefficient (Wildman–Crippen LogP) is 2.45. The molecule has 0 fully saturated rings. The molecule has 12 heavy (non-hydrogen) atoms. The summed E-state index contributed by atoms with van der Waals surface area (Å²) in [5.74, 6) is -0.562. The van der Waals surface area contributed by atoms with Crippen molar-refractivity contribution in [1.29, 1.82) is 0 Å². The van der Waals surface area contributed by atoms with Gasteiger partial charge in [-0.1, -0.05) is 17.7 Å². The summed E-state index contributed by atoms with van der Waals surface area (Å²) in [5.41, 5.74) is 5.44. The van der Waals surface area contributed by atoms with E-state index in [-0.39, 0.29) is 10.6 Å². The molecule has 0 saturated carbocycles. The Labute approximate surface area is 74.1 Å². The molecule has 0 spiro atoms. The molecule has 1 rings (SSSR count). The van der Waals surface area contributed by atoms with Crippen molar-refractivity contribution in [2.75, 3.05) is 6.67 Å². The number of rotatable bonds is 2. The molecule has 0 bridgehead atoms. The van der Waals surface area contributed by atoms with Gasteiger partial charge in [0, 0.05) is 10.6 Å². The van der Waals surface area contributed by atoms with E-state index in [2.05, 4.69) is 0 Å². The molecule has 0 saturated heterocycles. The van der Waals surface area contributed by atoms with Crippen LogP contribution in [0.2, 0.25) is 5.02 Å². The second kappa shape index (κ2) is 3.83. The van der Waals surface area contributed by atoms with E-state index in [9.17, 15) is 8.78 Å². The second-order valence-electron chi connectivity index (χ2n) is 2.43. The van der Waals surface area contributed by atoms with Gasteiger partial charge in [-0.25, -0.2) is 8.78 Å². The van der Waals surface area contributed by atoms with Crippen LogP contribution in [0.5, 0.6) is 0 Å². The molecule has 2 N–H and O–H groups in total. The van der Waals surface area contributed by atoms with Crippen LogP contribution >= 0.6 is 11.6 Å². The Morgan fingerprint density at radius 2 is 2.17 bits per heavy atom. The fourth-order valence-electron chi connectivity index (χ4n) is 0.885. The Hall–Kier alpha value is -0.670. The molecule has 1 atom stereocenters. The van der Waals surface area contributed by atoms with Gasteiger partial charge in [0.25, 0.3) is 0 Å². The van der Waals surface area contributed by atoms with Gasteiger partial charge in [-0.3, -0.25) is 0 Å². The van der Waals surface area contributed by atoms with Crippen molar-refractivity contribution >= 4 is 11.6 Å². The molecule has 66 valence electrons. The van der Waals surface area contributed by atoms with Crippen molar-refractivity contribution < 1.29 is 8.78 Å². The van der Waals surface area contributed by atoms with Gasteiger partial charge in [-0.05, 0) is 12.1 Å². The van der Waals surface area contributed by atoms with E-state index in [1.807, 2.05) is 0 Å². The second-order valence-corrected chi connectivity index (χ2v) is 2.86. The quantitative estimate of drug-likeness (QED) is 0.764. The van der Waals surface area contributed by atoms with E-state index < -0.39 is 18.5 Å². The molecule has 1 aromatic rings. The van der Waals surface area contributed by atoms with E-state index in [0.717, 1.165) is 6.07 Å². The summed E-state index contributed by atoms with van der Waals surface area (Å²) in [4.78, 5) is 0. The molecular formula is C8H8ClF2N. The lowest BCUT2D eigenvalue weighted by molar-refractivity contribution is 0.427. The lowest BCUT2D eigenvalue weighted by atomic mass is 10.1. The number of alkyl halides is 1. The van der Waals surface area contributed by atoms with Crippen molar-refractivity contribution in [2.45, 2.75) is 6.04 Å². The SMILES string of the molecule is N[C@@H](CF)c1ccc(Cl)cc1F. The largest absolute Gasteiger partial charge is 0.322 e. The fourth-order valence-corrected chi connectivity index (χ4v) is 1.04. The summed E-state index contributed by atoms with van der Waals surface area (Å²) in [7, 11) is 0. The molecule has 0 aliphatic rings. The van der Waals surface area contributed by atoms with Crippen LogP contribution in [0.25, 0.3) is 0 Å². The molecule has 0 unspecified atom stereocenters. The van der Waals surface area contributed by atoms with Crippen molar-refractivity contribution in [1.82, 2.24) is 0 Å². The zero-order valence-corrected chi connectivity index (χ0v) is 6.98. The zero-order valence-electron chi connectivity index (χ0n) is 6.23. The van der Waals surface area contributed by atoms with Crippen molar-refractivity contribution in [2.24, 2.45) is 5.73 Å². The summed E-state index contributed by atoms with van der Waals surface area (Å²) < 4.78 is 25.0. The third-order valence-electron chi connectivity index (χ3n) is 1.53. The first-order chi connectivity index (χ1) is 5.65. The van der Waals surface area contributed by atoms with Gasteiger partial charge in [-0.2, -0.15) is 0 Å². The molecule has 0 aliphatic heterocycles. The van der Waals surface area contributed by atoms with E-state index >= 15 is 0 Å². The maximum atomic E-state index is 13.0. The first kappa shape index (κ1) is 9.42. The topological polar surface area (TPSA) is 26.0 Å². The molecule has 0 aromatic heterocycles. The van der Waals surface area contributed by atoms with E-state index in [1.54, 1.807) is 0 Å². The standard InChI is InChI=1S/C8H8ClF2N/c9-5-1-2-6(7(11)3-5)8(12)4-10/h1-3,8H,4,12H2/t8-/m0/s1. The van der Waals surface area contributed by atoms with Gasteiger partial charge in [0.2, 0.25) is 0 Å². The minimum absolute atomic E-state index is 0.155. The molecule has 4 heteroatoms. The number of halogens is 3. The van der Waals surface area contributed by atoms with E-state index in [1.165, 1.54) is 12.1 Å². The van der Waals surface area contributed by atoms with Crippen molar-refractivity contribution in [3.05, 3.63) is 34.6 Å². The van der Waals surface area contributed by atoms with Crippen LogP contribution in [0.15, 0.2) is 18.2 Å². The molecular weight excluding hydrogens is 184 g/mol. The van der Waals surface area contributed by atoms with Crippen LogP contribution in [0, 0.1) is 5.82 Å². The zero-order chi connectivity index (χ0) is 9.14. The number of hydrogen-bond acceptors (Lipinski definition) is 1. The average Bonchev–Trinajstić information content (AvgIpc) is 2.03. The van der Waals surface area contributed by atoms with Gasteiger partial charge < -0.3 is 5.73 Å². The minimum atomic E-state index is -0.901. The highest BCUT2D eigenvalue weighted by atomic mass is 35.5. The first-order valence-corrected chi connectivity index (χ1v) is 3.79. The van der Waals surface area contributed by atoms with E-state index in [0.29, 0.717) is 0 Å². The number of hydrogen-bond donors (Lipinski definition) is 1. The van der Waals surface area contributed by atoms with Crippen molar-refractivity contribution in [3.8, 4) is 0 Å². The van der Waals surface area contributed by atoms with Gasteiger partial charge >= 0.3 is 0 Å². The van der Waals surface area contributed by atoms with Gasteiger partial charge in [0.15, 0.2) is 0 Å². The molecule has 1 nitrogen and oxygen atoms in total. The van der Waals surface area contributed by atoms with Crippen LogP contribution < -0.4 is 5.73 Å². The Bertz CT molecular complexity index is 278. The lowest BCUT2D eigenvalue weighted by Gasteiger charge is -2.07. The summed E-state index contributed by atoms with van der Waals surface area (Å²) in [6.07, 6.45) is 0. The van der Waals surface area contributed by atoms with Crippen LogP contribution in [0.3, 0.4) is 0 Å². The highest BCUT2D eigenvalue weighted by Gasteiger charge is 2.10. The number of benzene rings is 1. The van der Waals surface area contributed by atoms with Gasteiger partial charge in [0.05, 0.1) is 6.04 Å². The average molecular weight is 192 g/mol. The Balaban J connectivity index is 3.01. The Morgan fingerprint density at radius 3 is 2.67 bits per heavy atom. The summed E-state index contributed by atoms with van der Waals surface area (Å²) in [5, 5.41) is 0.280. The molecule has 0 heterocycles. The maximum Gasteiger partial charge on any atom is 0.129 e. The lowest BCUT2D eigenvalue weighted by Crippen LogP contribution is -2.13. The number of nitrogens with two attached hydrogens (primary N) is 1. The normalized spacial score (nSPS) is 13.0. The van der Waals surface area contributed by atoms with E-state index in [4.69, 9.17) is 17.3 Å². The highest BCUT2D eigenvalue weighted by molar-refractivity contribution is 6.30. The third-order valence-corrected chi connectivity index (χ3v) is 1.76. The van der Waals surface area contributed by atoms with Gasteiger partial charge in [0.1, 0.15) is 12.5 Å². The summed E-state index contributed by atoms with van der Waals surface area (Å²) in [6.45, 7) is -0.779. The first-order valence-electron chi connectivity index (χ1n) is 3.41. The van der Waals surface area contributed by atoms with Crippen LogP contribution in [-0.4, -0.2) is 6.67 Å². The summed E-state index contributed by atoms with van der Waals surface area (Å²) >= 11 is 5.49. The van der Waals surface area contributed by atoms with Crippen LogP contribution in [-0.2, 0) is 0 Å². The minimum Gasteiger partial charge on any atom is -0.322 e. The van der Waals surface area contributed by atoms with Gasteiger partial charge in [-0.15, -0.1) is 0 Å². The summed E-state index contributed by atoms with van der Waals surface area (Å²) in [6, 6.07) is 3.09. The van der Waals surface area contributed by atoms with Crippen molar-refractivity contribution in [3.63, 3.8) is 0 Å². The fraction of sp³-hybridized carbons (Fsp3) is 0.250. The highest BCUT2D eigenvalue weighted by Crippen LogP contribution is 2.19. The Kier molecular flexibility index (Phi) is 3.00. The van der Waals surface area contributed by atoms with Crippen LogP contribution in [0.4, 0.5) is 8.78 Å². The monoisotopic (exact) mass is 191 g/mol. The molecule has 1 aromatic carbocycles. The van der Waals surface area contributed by atoms with Crippen LogP contribution in [0.1, 0.15) is 11.6 Å². The third kappa shape index (κ3) is 1.93. The smallest absolute Gasteiger partial charge is 0.129 e. The predicted molar refractivity (Wildman–Crippen MR) is 44.3 cm³/mol. The molecule has 0 radical (unpaired) electrons.